The summed E-state index contributed by atoms with van der Waals surface area (Å²) < 4.78 is 0. The second-order valence-electron chi connectivity index (χ2n) is 11.5. The van der Waals surface area contributed by atoms with Gasteiger partial charge in [0.1, 0.15) is 6.04 Å². The highest BCUT2D eigenvalue weighted by Crippen LogP contribution is 2.43. The molecule has 0 bridgehead atoms. The van der Waals surface area contributed by atoms with Gasteiger partial charge in [-0.15, -0.1) is 0 Å². The van der Waals surface area contributed by atoms with Crippen LogP contribution in [0.1, 0.15) is 57.1 Å². The molecule has 0 spiro atoms. The number of hydrogen-bond donors (Lipinski definition) is 2. The van der Waals surface area contributed by atoms with Crippen molar-refractivity contribution < 1.29 is 14.4 Å². The average Bonchev–Trinajstić information content (AvgIpc) is 3.16. The van der Waals surface area contributed by atoms with Crippen molar-refractivity contribution >= 4 is 23.4 Å². The minimum atomic E-state index is -0.540. The second-order valence-corrected chi connectivity index (χ2v) is 11.5. The molecule has 202 valence electrons. The fraction of sp³-hybridized carbons (Fsp3) is 0.516. The molecule has 2 N–H and O–H groups in total. The maximum atomic E-state index is 13.7. The van der Waals surface area contributed by atoms with E-state index in [9.17, 15) is 14.4 Å². The molecule has 3 aliphatic heterocycles. The highest BCUT2D eigenvalue weighted by Gasteiger charge is 2.47. The highest BCUT2D eigenvalue weighted by molar-refractivity contribution is 6.08. The molecule has 3 amide bonds. The van der Waals surface area contributed by atoms with E-state index in [1.807, 2.05) is 66.1 Å². The van der Waals surface area contributed by atoms with E-state index in [1.165, 1.54) is 0 Å². The zero-order valence-corrected chi connectivity index (χ0v) is 22.6. The van der Waals surface area contributed by atoms with Crippen molar-refractivity contribution in [2.24, 2.45) is 5.92 Å². The topological polar surface area (TPSA) is 81.8 Å². The smallest absolute Gasteiger partial charge is 0.245 e. The lowest BCUT2D eigenvalue weighted by Crippen LogP contribution is -2.55. The van der Waals surface area contributed by atoms with Crippen LogP contribution in [-0.2, 0) is 26.2 Å². The van der Waals surface area contributed by atoms with Crippen molar-refractivity contribution in [3.63, 3.8) is 0 Å². The Hall–Kier alpha value is -3.19. The van der Waals surface area contributed by atoms with Crippen molar-refractivity contribution in [2.75, 3.05) is 31.1 Å². The van der Waals surface area contributed by atoms with Crippen molar-refractivity contribution in [2.45, 2.75) is 69.9 Å². The number of nitrogens with zero attached hydrogens (tertiary/aromatic N) is 2. The molecule has 2 aromatic rings. The van der Waals surface area contributed by atoms with Crippen LogP contribution < -0.4 is 15.5 Å². The summed E-state index contributed by atoms with van der Waals surface area (Å²) in [5.74, 6) is 0.0847. The van der Waals surface area contributed by atoms with Crippen LogP contribution in [0.2, 0.25) is 0 Å². The van der Waals surface area contributed by atoms with E-state index < -0.39 is 11.5 Å². The van der Waals surface area contributed by atoms with Gasteiger partial charge in [0.05, 0.1) is 5.41 Å². The molecule has 38 heavy (non-hydrogen) atoms. The summed E-state index contributed by atoms with van der Waals surface area (Å²) >= 11 is 0. The number of piperidine rings is 2. The predicted octanol–water partition coefficient (Wildman–Crippen LogP) is 3.42. The number of amides is 3. The number of carbonyl (C=O) groups excluding carboxylic acids is 3. The Morgan fingerprint density at radius 1 is 0.974 bits per heavy atom. The van der Waals surface area contributed by atoms with Crippen LogP contribution in [0.5, 0.6) is 0 Å². The predicted molar refractivity (Wildman–Crippen MR) is 149 cm³/mol. The first-order chi connectivity index (χ1) is 18.4. The maximum absolute atomic E-state index is 13.7. The first kappa shape index (κ1) is 26.4. The van der Waals surface area contributed by atoms with E-state index >= 15 is 0 Å². The molecule has 0 aromatic heterocycles. The molecule has 2 aromatic carbocycles. The first-order valence-electron chi connectivity index (χ1n) is 14.1. The molecule has 0 aliphatic carbocycles. The summed E-state index contributed by atoms with van der Waals surface area (Å²) in [5, 5.41) is 6.43. The van der Waals surface area contributed by atoms with Gasteiger partial charge in [-0.25, -0.2) is 0 Å². The molecule has 0 unspecified atom stereocenters. The molecule has 7 nitrogen and oxygen atoms in total. The van der Waals surface area contributed by atoms with Gasteiger partial charge >= 0.3 is 0 Å². The number of anilines is 1. The molecule has 0 radical (unpaired) electrons. The average molecular weight is 517 g/mol. The Bertz CT molecular complexity index is 1150. The normalized spacial score (nSPS) is 20.7. The minimum absolute atomic E-state index is 0.00450. The van der Waals surface area contributed by atoms with Gasteiger partial charge in [0.15, 0.2) is 0 Å². The number of benzene rings is 2. The molecule has 3 heterocycles. The van der Waals surface area contributed by atoms with Crippen LogP contribution in [0.3, 0.4) is 0 Å². The molecular weight excluding hydrogens is 476 g/mol. The van der Waals surface area contributed by atoms with Crippen molar-refractivity contribution in [3.05, 3.63) is 65.7 Å². The number of carbonyl (C=O) groups is 3. The summed E-state index contributed by atoms with van der Waals surface area (Å²) in [4.78, 5) is 44.1. The Kier molecular flexibility index (Phi) is 7.84. The van der Waals surface area contributed by atoms with E-state index in [0.29, 0.717) is 19.5 Å². The third kappa shape index (κ3) is 5.35. The van der Waals surface area contributed by atoms with E-state index in [4.69, 9.17) is 0 Å². The number of fused-ring (bicyclic) bond motifs is 1. The van der Waals surface area contributed by atoms with Gasteiger partial charge in [-0.2, -0.15) is 0 Å². The second kappa shape index (κ2) is 11.3. The maximum Gasteiger partial charge on any atom is 0.245 e. The molecule has 0 saturated carbocycles. The van der Waals surface area contributed by atoms with Crippen LogP contribution in [0.25, 0.3) is 0 Å². The lowest BCUT2D eigenvalue weighted by molar-refractivity contribution is -0.138. The fourth-order valence-corrected chi connectivity index (χ4v) is 6.25. The Labute approximate surface area is 226 Å². The number of nitrogens with one attached hydrogen (secondary N) is 2. The van der Waals surface area contributed by atoms with E-state index in [1.54, 1.807) is 0 Å². The highest BCUT2D eigenvalue weighted by atomic mass is 16.2. The van der Waals surface area contributed by atoms with Gasteiger partial charge in [0.2, 0.25) is 17.7 Å². The monoisotopic (exact) mass is 516 g/mol. The number of para-hydroxylation sites is 1. The number of hydrogen-bond acceptors (Lipinski definition) is 4. The van der Waals surface area contributed by atoms with Crippen LogP contribution in [-0.4, -0.2) is 60.9 Å². The third-order valence-electron chi connectivity index (χ3n) is 8.62. The summed E-state index contributed by atoms with van der Waals surface area (Å²) in [5.41, 5.74) is 2.70. The van der Waals surface area contributed by atoms with Crippen molar-refractivity contribution in [1.29, 1.82) is 0 Å². The molecule has 3 aliphatic rings. The van der Waals surface area contributed by atoms with Crippen LogP contribution >= 0.6 is 0 Å². The van der Waals surface area contributed by atoms with Gasteiger partial charge in [0.25, 0.3) is 0 Å². The van der Waals surface area contributed by atoms with Crippen LogP contribution in [0.4, 0.5) is 5.69 Å². The largest absolute Gasteiger partial charge is 0.344 e. The van der Waals surface area contributed by atoms with E-state index in [2.05, 4.69) is 22.8 Å². The van der Waals surface area contributed by atoms with Gasteiger partial charge in [-0.1, -0.05) is 48.5 Å². The third-order valence-corrected chi connectivity index (χ3v) is 8.62. The molecule has 7 heteroatoms. The molecule has 1 atom stereocenters. The lowest BCUT2D eigenvalue weighted by Gasteiger charge is -2.39. The van der Waals surface area contributed by atoms with E-state index in [-0.39, 0.29) is 29.7 Å². The lowest BCUT2D eigenvalue weighted by atomic mass is 9.86. The Balaban J connectivity index is 1.25. The number of rotatable bonds is 7. The van der Waals surface area contributed by atoms with Gasteiger partial charge in [-0.05, 0) is 82.7 Å². The summed E-state index contributed by atoms with van der Waals surface area (Å²) in [6.45, 7) is 6.83. The van der Waals surface area contributed by atoms with Gasteiger partial charge in [-0.3, -0.25) is 14.4 Å². The van der Waals surface area contributed by atoms with Gasteiger partial charge in [0, 0.05) is 30.7 Å². The molecule has 2 saturated heterocycles. The molecule has 2 fully saturated rings. The molecule has 5 rings (SSSR count). The van der Waals surface area contributed by atoms with Crippen molar-refractivity contribution in [1.82, 2.24) is 15.5 Å². The first-order valence-corrected chi connectivity index (χ1v) is 14.1. The standard InChI is InChI=1S/C31H40N4O3/c1-31(2)25-10-6-7-11-27(25)35(30(31)38)24-16-20-34(21-17-24)29(37)26(13-12-22-8-4-3-5-9-22)33-28(36)23-14-18-32-19-15-23/h3-11,23-24,26,32H,12-21H2,1-2H3,(H,33,36)/t26-/m0/s1. The zero-order chi connectivity index (χ0) is 26.7. The quantitative estimate of drug-likeness (QED) is 0.591. The van der Waals surface area contributed by atoms with E-state index in [0.717, 1.165) is 62.0 Å². The van der Waals surface area contributed by atoms with Crippen molar-refractivity contribution in [3.8, 4) is 0 Å². The van der Waals surface area contributed by atoms with Crippen LogP contribution in [0, 0.1) is 5.92 Å². The Morgan fingerprint density at radius 2 is 1.63 bits per heavy atom. The number of likely N-dealkylation sites (tertiary alicyclic amines) is 1. The fourth-order valence-electron chi connectivity index (χ4n) is 6.25. The van der Waals surface area contributed by atoms with Gasteiger partial charge < -0.3 is 20.4 Å². The number of aryl methyl sites for hydroxylation is 1. The zero-order valence-electron chi connectivity index (χ0n) is 22.6. The summed E-state index contributed by atoms with van der Waals surface area (Å²) in [7, 11) is 0. The SMILES string of the molecule is CC1(C)C(=O)N(C2CCN(C(=O)[C@H](CCc3ccccc3)NC(=O)C3CCNCC3)CC2)c2ccccc21. The Morgan fingerprint density at radius 3 is 2.34 bits per heavy atom. The molecular formula is C31H40N4O3. The minimum Gasteiger partial charge on any atom is -0.344 e. The summed E-state index contributed by atoms with van der Waals surface area (Å²) in [6.07, 6.45) is 4.38. The summed E-state index contributed by atoms with van der Waals surface area (Å²) in [6, 6.07) is 17.7. The van der Waals surface area contributed by atoms with Crippen LogP contribution in [0.15, 0.2) is 54.6 Å².